The first-order valence-corrected chi connectivity index (χ1v) is 10.0. The Morgan fingerprint density at radius 1 is 1.20 bits per heavy atom. The maximum Gasteiger partial charge on any atom is 0.330 e. The van der Waals surface area contributed by atoms with E-state index in [1.54, 1.807) is 12.1 Å². The van der Waals surface area contributed by atoms with Crippen molar-refractivity contribution in [3.05, 3.63) is 23.8 Å². The van der Waals surface area contributed by atoms with Gasteiger partial charge >= 0.3 is 5.97 Å². The average molecular weight is 365 g/mol. The van der Waals surface area contributed by atoms with Gasteiger partial charge in [0, 0.05) is 17.5 Å². The summed E-state index contributed by atoms with van der Waals surface area (Å²) in [5, 5.41) is 9.79. The van der Waals surface area contributed by atoms with E-state index >= 15 is 0 Å². The average Bonchev–Trinajstić information content (AvgIpc) is 3.19. The van der Waals surface area contributed by atoms with Crippen molar-refractivity contribution < 1.29 is 23.4 Å². The van der Waals surface area contributed by atoms with E-state index in [0.717, 1.165) is 47.7 Å². The number of carboxylic acids is 1. The Morgan fingerprint density at radius 2 is 1.92 bits per heavy atom. The minimum Gasteiger partial charge on any atom is -0.489 e. The second-order valence-electron chi connectivity index (χ2n) is 7.34. The van der Waals surface area contributed by atoms with Crippen LogP contribution in [-0.4, -0.2) is 31.5 Å². The van der Waals surface area contributed by atoms with Gasteiger partial charge in [-0.05, 0) is 38.2 Å². The minimum atomic E-state index is -2.41. The van der Waals surface area contributed by atoms with Gasteiger partial charge in [0.05, 0.1) is 5.69 Å². The smallest absolute Gasteiger partial charge is 0.330 e. The van der Waals surface area contributed by atoms with E-state index in [0.29, 0.717) is 24.4 Å². The molecule has 25 heavy (non-hydrogen) atoms. The van der Waals surface area contributed by atoms with Gasteiger partial charge in [-0.15, -0.1) is 0 Å². The van der Waals surface area contributed by atoms with Crippen molar-refractivity contribution in [1.29, 1.82) is 0 Å². The Bertz CT molecular complexity index is 715. The number of fused-ring (bicyclic) bond motifs is 3. The van der Waals surface area contributed by atoms with Crippen LogP contribution in [0, 0.1) is 0 Å². The lowest BCUT2D eigenvalue weighted by Gasteiger charge is -2.36. The highest BCUT2D eigenvalue weighted by molar-refractivity contribution is 7.80. The van der Waals surface area contributed by atoms with E-state index in [-0.39, 0.29) is 6.10 Å². The van der Waals surface area contributed by atoms with Crippen LogP contribution >= 0.6 is 0 Å². The molecule has 4 rings (SSSR count). The molecule has 2 aliphatic carbocycles. The molecule has 3 atom stereocenters. The number of carboxylic acid groups (broad SMARTS) is 1. The molecule has 2 fully saturated rings. The van der Waals surface area contributed by atoms with Gasteiger partial charge in [0.1, 0.15) is 11.9 Å². The summed E-state index contributed by atoms with van der Waals surface area (Å²) in [5.74, 6) is 0.0941. The monoisotopic (exact) mass is 365 g/mol. The maximum atomic E-state index is 12.1. The van der Waals surface area contributed by atoms with Crippen LogP contribution in [0.5, 0.6) is 5.75 Å². The van der Waals surface area contributed by atoms with Gasteiger partial charge in [0.25, 0.3) is 11.3 Å². The fourth-order valence-corrected chi connectivity index (χ4v) is 5.62. The maximum absolute atomic E-state index is 12.1. The van der Waals surface area contributed by atoms with Crippen molar-refractivity contribution in [3.63, 3.8) is 0 Å². The molecular formula is C18H23NO5S. The molecule has 0 bridgehead atoms. The number of hydrogen-bond donors (Lipinski definition) is 2. The molecule has 0 radical (unpaired) electrons. The van der Waals surface area contributed by atoms with E-state index < -0.39 is 22.8 Å². The second kappa shape index (κ2) is 6.29. The van der Waals surface area contributed by atoms with Crippen molar-refractivity contribution in [2.24, 2.45) is 0 Å². The van der Waals surface area contributed by atoms with Gasteiger partial charge in [-0.3, -0.25) is 8.86 Å². The summed E-state index contributed by atoms with van der Waals surface area (Å²) in [6.45, 7) is 0. The third-order valence-electron chi connectivity index (χ3n) is 5.99. The standard InChI is InChI=1S/C18H23NO5S/c20-17(21)18(9-3-4-10-18)19(25(22)23)12-7-8-14-13-5-1-2-6-15(13)24-16(14)11-12/h7-8,11,13,15H,1-6,9-10H2,(H,20,21)(H,22,23). The van der Waals surface area contributed by atoms with Crippen LogP contribution in [0.15, 0.2) is 18.2 Å². The summed E-state index contributed by atoms with van der Waals surface area (Å²) in [5.41, 5.74) is 0.273. The molecular weight excluding hydrogens is 342 g/mol. The highest BCUT2D eigenvalue weighted by Gasteiger charge is 2.50. The molecule has 2 N–H and O–H groups in total. The molecule has 2 saturated carbocycles. The van der Waals surface area contributed by atoms with Gasteiger partial charge in [-0.25, -0.2) is 9.00 Å². The molecule has 1 aromatic carbocycles. The van der Waals surface area contributed by atoms with Crippen molar-refractivity contribution in [2.45, 2.75) is 68.9 Å². The zero-order valence-corrected chi connectivity index (χ0v) is 14.8. The van der Waals surface area contributed by atoms with E-state index in [9.17, 15) is 18.7 Å². The predicted molar refractivity (Wildman–Crippen MR) is 94.2 cm³/mol. The normalized spacial score (nSPS) is 27.9. The Morgan fingerprint density at radius 3 is 2.60 bits per heavy atom. The first kappa shape index (κ1) is 16.8. The molecule has 1 aromatic rings. The molecule has 0 saturated heterocycles. The first-order valence-electron chi connectivity index (χ1n) is 8.98. The fourth-order valence-electron chi connectivity index (χ4n) is 4.77. The quantitative estimate of drug-likeness (QED) is 0.798. The van der Waals surface area contributed by atoms with Crippen LogP contribution in [0.3, 0.4) is 0 Å². The van der Waals surface area contributed by atoms with Crippen molar-refractivity contribution in [1.82, 2.24) is 0 Å². The molecule has 3 unspecified atom stereocenters. The van der Waals surface area contributed by atoms with E-state index in [1.807, 2.05) is 6.07 Å². The van der Waals surface area contributed by atoms with Gasteiger partial charge < -0.3 is 9.84 Å². The fraction of sp³-hybridized carbons (Fsp3) is 0.611. The van der Waals surface area contributed by atoms with Gasteiger partial charge in [-0.1, -0.05) is 25.3 Å². The zero-order chi connectivity index (χ0) is 17.6. The summed E-state index contributed by atoms with van der Waals surface area (Å²) < 4.78 is 29.2. The molecule has 0 aromatic heterocycles. The molecule has 136 valence electrons. The minimum absolute atomic E-state index is 0.187. The highest BCUT2D eigenvalue weighted by Crippen LogP contribution is 2.48. The Hall–Kier alpha value is -1.60. The van der Waals surface area contributed by atoms with Gasteiger partial charge in [0.15, 0.2) is 5.54 Å². The van der Waals surface area contributed by atoms with Gasteiger partial charge in [0.2, 0.25) is 0 Å². The SMILES string of the molecule is O=C(O)C1(N(c2ccc3c(c2)OC2CCCCC32)S(=O)O)CCCC1. The number of hydrogen-bond acceptors (Lipinski definition) is 3. The zero-order valence-electron chi connectivity index (χ0n) is 14.0. The number of rotatable bonds is 4. The molecule has 7 heteroatoms. The molecule has 0 spiro atoms. The lowest BCUT2D eigenvalue weighted by atomic mass is 9.83. The summed E-state index contributed by atoms with van der Waals surface area (Å²) in [4.78, 5) is 12.0. The van der Waals surface area contributed by atoms with Crippen molar-refractivity contribution in [2.75, 3.05) is 4.31 Å². The van der Waals surface area contributed by atoms with Crippen LogP contribution in [0.2, 0.25) is 0 Å². The van der Waals surface area contributed by atoms with Crippen LogP contribution < -0.4 is 9.04 Å². The highest BCUT2D eigenvalue weighted by atomic mass is 32.2. The van der Waals surface area contributed by atoms with Crippen LogP contribution in [-0.2, 0) is 16.1 Å². The largest absolute Gasteiger partial charge is 0.489 e. The van der Waals surface area contributed by atoms with Gasteiger partial charge in [-0.2, -0.15) is 0 Å². The van der Waals surface area contributed by atoms with Crippen LogP contribution in [0.4, 0.5) is 5.69 Å². The summed E-state index contributed by atoms with van der Waals surface area (Å²) in [7, 11) is 0. The number of ether oxygens (including phenoxy) is 1. The van der Waals surface area contributed by atoms with Crippen molar-refractivity contribution in [3.8, 4) is 5.75 Å². The summed E-state index contributed by atoms with van der Waals surface area (Å²) in [6, 6.07) is 5.48. The summed E-state index contributed by atoms with van der Waals surface area (Å²) in [6.07, 6.45) is 6.91. The molecule has 1 heterocycles. The molecule has 0 amide bonds. The Balaban J connectivity index is 1.73. The molecule has 1 aliphatic heterocycles. The first-order chi connectivity index (χ1) is 12.0. The van der Waals surface area contributed by atoms with E-state index in [2.05, 4.69) is 0 Å². The Kier molecular flexibility index (Phi) is 4.24. The number of anilines is 1. The number of aliphatic carboxylic acids is 1. The number of nitrogens with zero attached hydrogens (tertiary/aromatic N) is 1. The Labute approximate surface area is 149 Å². The van der Waals surface area contributed by atoms with E-state index in [1.165, 1.54) is 6.42 Å². The third-order valence-corrected chi connectivity index (χ3v) is 6.86. The second-order valence-corrected chi connectivity index (χ2v) is 8.16. The van der Waals surface area contributed by atoms with Crippen molar-refractivity contribution >= 4 is 22.9 Å². The van der Waals surface area contributed by atoms with E-state index in [4.69, 9.17) is 4.74 Å². The topological polar surface area (TPSA) is 87.1 Å². The lowest BCUT2D eigenvalue weighted by Crippen LogP contribution is -2.53. The van der Waals surface area contributed by atoms with Crippen LogP contribution in [0.1, 0.15) is 62.8 Å². The summed E-state index contributed by atoms with van der Waals surface area (Å²) >= 11 is -2.41. The third kappa shape index (κ3) is 2.64. The number of carbonyl (C=O) groups is 1. The molecule has 6 nitrogen and oxygen atoms in total. The molecule has 3 aliphatic rings. The predicted octanol–water partition coefficient (Wildman–Crippen LogP) is 3.45. The number of benzene rings is 1. The van der Waals surface area contributed by atoms with Crippen LogP contribution in [0.25, 0.3) is 0 Å². The lowest BCUT2D eigenvalue weighted by molar-refractivity contribution is -0.142.